The monoisotopic (exact) mass is 284 g/mol. The Morgan fingerprint density at radius 1 is 1.05 bits per heavy atom. The first-order chi connectivity index (χ1) is 10.2. The summed E-state index contributed by atoms with van der Waals surface area (Å²) in [4.78, 5) is 0. The fourth-order valence-electron chi connectivity index (χ4n) is 2.34. The number of fused-ring (bicyclic) bond motifs is 1. The van der Waals surface area contributed by atoms with Crippen LogP contribution in [-0.2, 0) is 6.54 Å². The van der Waals surface area contributed by atoms with Gasteiger partial charge in [0.1, 0.15) is 11.6 Å². The molecule has 3 nitrogen and oxygen atoms in total. The lowest BCUT2D eigenvalue weighted by molar-refractivity contribution is 0.302. The number of nitrogen functional groups attached to an aromatic ring is 1. The number of halogens is 1. The molecule has 0 unspecified atom stereocenters. The van der Waals surface area contributed by atoms with Crippen molar-refractivity contribution in [3.8, 4) is 5.75 Å². The summed E-state index contributed by atoms with van der Waals surface area (Å²) in [5.74, 6) is 0.605. The summed E-state index contributed by atoms with van der Waals surface area (Å²) in [6, 6.07) is 14.2. The topological polar surface area (TPSA) is 40.2 Å². The smallest absolute Gasteiger partial charge is 0.125 e. The highest BCUT2D eigenvalue weighted by molar-refractivity contribution is 5.80. The van der Waals surface area contributed by atoms with Crippen molar-refractivity contribution < 1.29 is 9.13 Å². The Bertz CT molecular complexity index is 734. The van der Waals surface area contributed by atoms with E-state index in [0.29, 0.717) is 6.61 Å². The predicted molar refractivity (Wildman–Crippen MR) is 82.9 cm³/mol. The van der Waals surface area contributed by atoms with Crippen molar-refractivity contribution in [3.63, 3.8) is 0 Å². The highest BCUT2D eigenvalue weighted by Gasteiger charge is 2.02. The number of benzene rings is 2. The summed E-state index contributed by atoms with van der Waals surface area (Å²) >= 11 is 0. The highest BCUT2D eigenvalue weighted by atomic mass is 19.1. The predicted octanol–water partition coefficient (Wildman–Crippen LogP) is 3.83. The number of ether oxygens (including phenoxy) is 1. The van der Waals surface area contributed by atoms with Gasteiger partial charge in [0.25, 0.3) is 0 Å². The van der Waals surface area contributed by atoms with Crippen LogP contribution in [0.2, 0.25) is 0 Å². The molecule has 0 saturated heterocycles. The second kappa shape index (κ2) is 5.87. The Morgan fingerprint density at radius 3 is 2.67 bits per heavy atom. The standard InChI is InChI=1S/C17H17FN2O/c18-14-3-2-13-8-10-20(17(13)12-14)9-1-11-21-16-6-4-15(19)5-7-16/h2-8,10,12H,1,9,11,19H2. The molecular weight excluding hydrogens is 267 g/mol. The van der Waals surface area contributed by atoms with Gasteiger partial charge in [-0.1, -0.05) is 0 Å². The van der Waals surface area contributed by atoms with Crippen LogP contribution in [0.5, 0.6) is 5.75 Å². The summed E-state index contributed by atoms with van der Waals surface area (Å²) in [7, 11) is 0. The van der Waals surface area contributed by atoms with E-state index in [0.717, 1.165) is 35.3 Å². The lowest BCUT2D eigenvalue weighted by Crippen LogP contribution is -2.03. The van der Waals surface area contributed by atoms with Crippen LogP contribution in [0, 0.1) is 5.82 Å². The second-order valence-electron chi connectivity index (χ2n) is 4.98. The summed E-state index contributed by atoms with van der Waals surface area (Å²) < 4.78 is 21.0. The molecule has 21 heavy (non-hydrogen) atoms. The van der Waals surface area contributed by atoms with Crippen LogP contribution in [0.4, 0.5) is 10.1 Å². The molecule has 1 aromatic heterocycles. The van der Waals surface area contributed by atoms with Crippen LogP contribution in [0.15, 0.2) is 54.7 Å². The normalized spacial score (nSPS) is 10.9. The minimum Gasteiger partial charge on any atom is -0.494 e. The van der Waals surface area contributed by atoms with E-state index < -0.39 is 0 Å². The molecule has 1 heterocycles. The molecule has 0 spiro atoms. The van der Waals surface area contributed by atoms with Gasteiger partial charge in [0.05, 0.1) is 12.1 Å². The molecule has 0 saturated carbocycles. The Kier molecular flexibility index (Phi) is 3.77. The van der Waals surface area contributed by atoms with Crippen LogP contribution >= 0.6 is 0 Å². The van der Waals surface area contributed by atoms with Gasteiger partial charge in [-0.15, -0.1) is 0 Å². The third-order valence-electron chi connectivity index (χ3n) is 3.43. The molecule has 0 fully saturated rings. The fraction of sp³-hybridized carbons (Fsp3) is 0.176. The van der Waals surface area contributed by atoms with E-state index in [2.05, 4.69) is 0 Å². The molecule has 0 radical (unpaired) electrons. The Balaban J connectivity index is 1.57. The van der Waals surface area contributed by atoms with E-state index in [1.54, 1.807) is 12.1 Å². The summed E-state index contributed by atoms with van der Waals surface area (Å²) in [6.07, 6.45) is 2.83. The third kappa shape index (κ3) is 3.16. The molecule has 0 aliphatic heterocycles. The average Bonchev–Trinajstić information content (AvgIpc) is 2.88. The molecule has 0 aliphatic carbocycles. The van der Waals surface area contributed by atoms with E-state index in [-0.39, 0.29) is 5.82 Å². The summed E-state index contributed by atoms with van der Waals surface area (Å²) in [5, 5.41) is 1.05. The quantitative estimate of drug-likeness (QED) is 0.571. The molecule has 0 bridgehead atoms. The van der Waals surface area contributed by atoms with Crippen LogP contribution in [-0.4, -0.2) is 11.2 Å². The van der Waals surface area contributed by atoms with Gasteiger partial charge in [-0.05, 0) is 60.3 Å². The number of aromatic nitrogens is 1. The van der Waals surface area contributed by atoms with Crippen molar-refractivity contribution in [1.29, 1.82) is 0 Å². The zero-order valence-electron chi connectivity index (χ0n) is 11.6. The lowest BCUT2D eigenvalue weighted by atomic mass is 10.2. The number of hydrogen-bond acceptors (Lipinski definition) is 2. The van der Waals surface area contributed by atoms with Crippen LogP contribution in [0.1, 0.15) is 6.42 Å². The lowest BCUT2D eigenvalue weighted by Gasteiger charge is -2.08. The van der Waals surface area contributed by atoms with Crippen LogP contribution < -0.4 is 10.5 Å². The largest absolute Gasteiger partial charge is 0.494 e. The maximum absolute atomic E-state index is 13.3. The number of hydrogen-bond donors (Lipinski definition) is 1. The van der Waals surface area contributed by atoms with Gasteiger partial charge >= 0.3 is 0 Å². The van der Waals surface area contributed by atoms with Gasteiger partial charge < -0.3 is 15.0 Å². The van der Waals surface area contributed by atoms with Gasteiger partial charge in [-0.2, -0.15) is 0 Å². The first-order valence-electron chi connectivity index (χ1n) is 6.95. The molecule has 3 rings (SSSR count). The van der Waals surface area contributed by atoms with E-state index in [4.69, 9.17) is 10.5 Å². The number of nitrogens with zero attached hydrogens (tertiary/aromatic N) is 1. The molecule has 0 atom stereocenters. The highest BCUT2D eigenvalue weighted by Crippen LogP contribution is 2.18. The first-order valence-corrected chi connectivity index (χ1v) is 6.95. The van der Waals surface area contributed by atoms with E-state index in [1.165, 1.54) is 6.07 Å². The molecule has 2 aromatic carbocycles. The zero-order valence-corrected chi connectivity index (χ0v) is 11.6. The molecule has 0 amide bonds. The second-order valence-corrected chi connectivity index (χ2v) is 4.98. The van der Waals surface area contributed by atoms with Gasteiger partial charge in [0.15, 0.2) is 0 Å². The van der Waals surface area contributed by atoms with Crippen LogP contribution in [0.3, 0.4) is 0 Å². The Labute approximate surface area is 122 Å². The molecule has 108 valence electrons. The van der Waals surface area contributed by atoms with Crippen molar-refractivity contribution in [3.05, 3.63) is 60.5 Å². The Morgan fingerprint density at radius 2 is 1.86 bits per heavy atom. The van der Waals surface area contributed by atoms with Crippen LogP contribution in [0.25, 0.3) is 10.9 Å². The van der Waals surface area contributed by atoms with E-state index in [1.807, 2.05) is 41.1 Å². The maximum atomic E-state index is 13.3. The Hall–Kier alpha value is -2.49. The minimum atomic E-state index is -0.208. The zero-order chi connectivity index (χ0) is 14.7. The maximum Gasteiger partial charge on any atom is 0.125 e. The van der Waals surface area contributed by atoms with E-state index >= 15 is 0 Å². The number of aryl methyl sites for hydroxylation is 1. The number of rotatable bonds is 5. The SMILES string of the molecule is Nc1ccc(OCCCn2ccc3ccc(F)cc32)cc1. The molecular formula is C17H17FN2O. The van der Waals surface area contributed by atoms with Gasteiger partial charge in [-0.25, -0.2) is 4.39 Å². The summed E-state index contributed by atoms with van der Waals surface area (Å²) in [5.41, 5.74) is 7.27. The first kappa shape index (κ1) is 13.5. The van der Waals surface area contributed by atoms with Gasteiger partial charge in [-0.3, -0.25) is 0 Å². The van der Waals surface area contributed by atoms with Crippen molar-refractivity contribution >= 4 is 16.6 Å². The summed E-state index contributed by atoms with van der Waals surface area (Å²) in [6.45, 7) is 1.40. The third-order valence-corrected chi connectivity index (χ3v) is 3.43. The molecule has 2 N–H and O–H groups in total. The van der Waals surface area contributed by atoms with Gasteiger partial charge in [0.2, 0.25) is 0 Å². The van der Waals surface area contributed by atoms with Crippen molar-refractivity contribution in [1.82, 2.24) is 4.57 Å². The minimum absolute atomic E-state index is 0.208. The molecule has 4 heteroatoms. The van der Waals surface area contributed by atoms with Gasteiger partial charge in [0, 0.05) is 18.4 Å². The number of anilines is 1. The van der Waals surface area contributed by atoms with Crippen molar-refractivity contribution in [2.24, 2.45) is 0 Å². The van der Waals surface area contributed by atoms with E-state index in [9.17, 15) is 4.39 Å². The molecule has 0 aliphatic rings. The van der Waals surface area contributed by atoms with Crippen molar-refractivity contribution in [2.45, 2.75) is 13.0 Å². The molecule has 3 aromatic rings. The average molecular weight is 284 g/mol. The fourth-order valence-corrected chi connectivity index (χ4v) is 2.34. The van der Waals surface area contributed by atoms with Crippen molar-refractivity contribution in [2.75, 3.05) is 12.3 Å². The number of nitrogens with two attached hydrogens (primary N) is 1.